The molecule has 0 saturated heterocycles. The number of urea groups is 1. The van der Waals surface area contributed by atoms with Crippen LogP contribution in [0.1, 0.15) is 44.9 Å². The number of carbonyl (C=O) groups excluding carboxylic acids is 2. The van der Waals surface area contributed by atoms with Crippen LogP contribution in [0.4, 0.5) is 10.5 Å². The smallest absolute Gasteiger partial charge is 0.315 e. The monoisotopic (exact) mass is 440 g/mol. The molecular formula is C25H36N4O3. The van der Waals surface area contributed by atoms with Crippen LogP contribution in [0.15, 0.2) is 48.5 Å². The first-order valence-electron chi connectivity index (χ1n) is 11.2. The van der Waals surface area contributed by atoms with Crippen LogP contribution in [-0.2, 0) is 11.3 Å². The molecule has 174 valence electrons. The molecule has 0 aliphatic rings. The molecule has 0 aromatic heterocycles. The van der Waals surface area contributed by atoms with Gasteiger partial charge in [-0.05, 0) is 48.5 Å². The number of nitrogens with one attached hydrogen (secondary N) is 3. The lowest BCUT2D eigenvalue weighted by molar-refractivity contribution is -0.118. The van der Waals surface area contributed by atoms with Gasteiger partial charge < -0.3 is 20.7 Å². The first-order chi connectivity index (χ1) is 15.4. The van der Waals surface area contributed by atoms with E-state index < -0.39 is 0 Å². The minimum absolute atomic E-state index is 0.0194. The predicted molar refractivity (Wildman–Crippen MR) is 129 cm³/mol. The van der Waals surface area contributed by atoms with Crippen molar-refractivity contribution in [2.45, 2.75) is 40.3 Å². The third-order valence-corrected chi connectivity index (χ3v) is 5.39. The Morgan fingerprint density at radius 2 is 1.69 bits per heavy atom. The summed E-state index contributed by atoms with van der Waals surface area (Å²) >= 11 is 0. The largest absolute Gasteiger partial charge is 0.497 e. The van der Waals surface area contributed by atoms with E-state index in [2.05, 4.69) is 40.8 Å². The summed E-state index contributed by atoms with van der Waals surface area (Å²) in [4.78, 5) is 26.5. The first kappa shape index (κ1) is 25.2. The van der Waals surface area contributed by atoms with Crippen LogP contribution in [0, 0.1) is 5.92 Å². The number of rotatable bonds is 11. The van der Waals surface area contributed by atoms with Crippen LogP contribution in [0.5, 0.6) is 5.75 Å². The lowest BCUT2D eigenvalue weighted by atomic mass is 10.0. The van der Waals surface area contributed by atoms with Crippen LogP contribution in [0.3, 0.4) is 0 Å². The zero-order valence-corrected chi connectivity index (χ0v) is 19.8. The van der Waals surface area contributed by atoms with E-state index in [1.165, 1.54) is 0 Å². The Morgan fingerprint density at radius 1 is 1.00 bits per heavy atom. The fourth-order valence-corrected chi connectivity index (χ4v) is 3.40. The van der Waals surface area contributed by atoms with Gasteiger partial charge in [0.2, 0.25) is 5.91 Å². The maximum atomic E-state index is 12.4. The zero-order valence-electron chi connectivity index (χ0n) is 19.8. The van der Waals surface area contributed by atoms with Crippen LogP contribution >= 0.6 is 0 Å². The van der Waals surface area contributed by atoms with Gasteiger partial charge in [-0.1, -0.05) is 52.0 Å². The molecular weight excluding hydrogens is 404 g/mol. The van der Waals surface area contributed by atoms with Gasteiger partial charge in [0.25, 0.3) is 0 Å². The Kier molecular flexibility index (Phi) is 10.0. The summed E-state index contributed by atoms with van der Waals surface area (Å²) in [5.41, 5.74) is 2.81. The topological polar surface area (TPSA) is 82.7 Å². The molecule has 1 atom stereocenters. The number of hydrogen-bond acceptors (Lipinski definition) is 4. The van der Waals surface area contributed by atoms with E-state index in [0.29, 0.717) is 13.1 Å². The lowest BCUT2D eigenvalue weighted by Gasteiger charge is -2.30. The van der Waals surface area contributed by atoms with E-state index in [1.807, 2.05) is 56.3 Å². The van der Waals surface area contributed by atoms with Crippen molar-refractivity contribution in [1.29, 1.82) is 0 Å². The zero-order chi connectivity index (χ0) is 23.5. The second-order valence-corrected chi connectivity index (χ2v) is 7.92. The number of anilines is 1. The molecule has 1 unspecified atom stereocenters. The number of ether oxygens (including phenoxy) is 1. The van der Waals surface area contributed by atoms with E-state index in [9.17, 15) is 9.59 Å². The second kappa shape index (κ2) is 12.7. The maximum Gasteiger partial charge on any atom is 0.315 e. The van der Waals surface area contributed by atoms with Gasteiger partial charge in [0, 0.05) is 24.7 Å². The fraction of sp³-hybridized carbons (Fsp3) is 0.440. The molecule has 0 aliphatic carbocycles. The van der Waals surface area contributed by atoms with Crippen molar-refractivity contribution < 1.29 is 14.3 Å². The first-order valence-corrected chi connectivity index (χ1v) is 11.2. The van der Waals surface area contributed by atoms with Crippen molar-refractivity contribution in [2.75, 3.05) is 32.1 Å². The molecule has 2 aromatic carbocycles. The van der Waals surface area contributed by atoms with E-state index in [0.717, 1.165) is 35.7 Å². The summed E-state index contributed by atoms with van der Waals surface area (Å²) in [7, 11) is 1.65. The van der Waals surface area contributed by atoms with Crippen molar-refractivity contribution >= 4 is 17.6 Å². The highest BCUT2D eigenvalue weighted by Crippen LogP contribution is 2.23. The number of methoxy groups -OCH3 is 1. The Bertz CT molecular complexity index is 864. The van der Waals surface area contributed by atoms with Crippen molar-refractivity contribution in [3.05, 3.63) is 59.7 Å². The van der Waals surface area contributed by atoms with Gasteiger partial charge in [0.1, 0.15) is 5.75 Å². The minimum Gasteiger partial charge on any atom is -0.497 e. The summed E-state index contributed by atoms with van der Waals surface area (Å²) in [5, 5.41) is 8.76. The molecule has 0 aliphatic heterocycles. The highest BCUT2D eigenvalue weighted by Gasteiger charge is 2.19. The highest BCUT2D eigenvalue weighted by atomic mass is 16.5. The Morgan fingerprint density at radius 3 is 2.28 bits per heavy atom. The van der Waals surface area contributed by atoms with Crippen LogP contribution in [-0.4, -0.2) is 43.6 Å². The van der Waals surface area contributed by atoms with Crippen LogP contribution < -0.4 is 20.7 Å². The number of hydrogen-bond donors (Lipinski definition) is 3. The number of nitrogens with zero attached hydrogens (tertiary/aromatic N) is 1. The molecule has 0 radical (unpaired) electrons. The Balaban J connectivity index is 1.92. The number of likely N-dealkylation sites (N-methyl/N-ethyl adjacent to an activating group) is 1. The number of amides is 3. The molecule has 7 nitrogen and oxygen atoms in total. The van der Waals surface area contributed by atoms with Crippen molar-refractivity contribution in [3.8, 4) is 5.75 Å². The van der Waals surface area contributed by atoms with Crippen molar-refractivity contribution in [3.63, 3.8) is 0 Å². The summed E-state index contributed by atoms with van der Waals surface area (Å²) in [6.45, 7) is 10.6. The molecule has 7 heteroatoms. The number of carbonyl (C=O) groups is 2. The summed E-state index contributed by atoms with van der Waals surface area (Å²) in [6.07, 6.45) is 0. The van der Waals surface area contributed by atoms with E-state index >= 15 is 0 Å². The van der Waals surface area contributed by atoms with Crippen LogP contribution in [0.2, 0.25) is 0 Å². The molecule has 0 heterocycles. The van der Waals surface area contributed by atoms with E-state index in [4.69, 9.17) is 4.74 Å². The quantitative estimate of drug-likeness (QED) is 0.490. The Hall–Kier alpha value is -3.06. The standard InChI is InChI=1S/C25H36N4O3/c1-6-29(7-2)23(20-9-8-10-22(15-20)32-5)17-27-25(31)26-16-19-11-13-21(14-12-19)28-24(30)18(3)4/h8-15,18,23H,6-7,16-17H2,1-5H3,(H,28,30)(H2,26,27,31). The molecule has 2 aromatic rings. The minimum atomic E-state index is -0.220. The van der Waals surface area contributed by atoms with Gasteiger partial charge in [0.15, 0.2) is 0 Å². The molecule has 0 saturated carbocycles. The molecule has 0 fully saturated rings. The van der Waals surface area contributed by atoms with Gasteiger partial charge in [-0.3, -0.25) is 9.69 Å². The van der Waals surface area contributed by atoms with Gasteiger partial charge >= 0.3 is 6.03 Å². The average molecular weight is 441 g/mol. The average Bonchev–Trinajstić information content (AvgIpc) is 2.81. The summed E-state index contributed by atoms with van der Waals surface area (Å²) < 4.78 is 5.36. The Labute approximate surface area is 191 Å². The lowest BCUT2D eigenvalue weighted by Crippen LogP contribution is -2.42. The van der Waals surface area contributed by atoms with Crippen molar-refractivity contribution in [1.82, 2.24) is 15.5 Å². The van der Waals surface area contributed by atoms with Crippen LogP contribution in [0.25, 0.3) is 0 Å². The molecule has 3 N–H and O–H groups in total. The van der Waals surface area contributed by atoms with E-state index in [1.54, 1.807) is 7.11 Å². The highest BCUT2D eigenvalue weighted by molar-refractivity contribution is 5.92. The SMILES string of the molecule is CCN(CC)C(CNC(=O)NCc1ccc(NC(=O)C(C)C)cc1)c1cccc(OC)c1. The third kappa shape index (κ3) is 7.57. The predicted octanol–water partition coefficient (Wildman–Crippen LogP) is 4.17. The molecule has 32 heavy (non-hydrogen) atoms. The second-order valence-electron chi connectivity index (χ2n) is 7.92. The van der Waals surface area contributed by atoms with Crippen molar-refractivity contribution in [2.24, 2.45) is 5.92 Å². The number of benzene rings is 2. The fourth-order valence-electron chi connectivity index (χ4n) is 3.40. The molecule has 2 rings (SSSR count). The molecule has 0 bridgehead atoms. The van der Waals surface area contributed by atoms with E-state index in [-0.39, 0.29) is 23.9 Å². The summed E-state index contributed by atoms with van der Waals surface area (Å²) in [5.74, 6) is 0.711. The summed E-state index contributed by atoms with van der Waals surface area (Å²) in [6, 6.07) is 15.3. The molecule has 0 spiro atoms. The third-order valence-electron chi connectivity index (χ3n) is 5.39. The molecule has 3 amide bonds. The normalized spacial score (nSPS) is 11.8. The van der Waals surface area contributed by atoms with Gasteiger partial charge in [-0.15, -0.1) is 0 Å². The van der Waals surface area contributed by atoms with Gasteiger partial charge in [-0.25, -0.2) is 4.79 Å². The maximum absolute atomic E-state index is 12.4. The van der Waals surface area contributed by atoms with Gasteiger partial charge in [-0.2, -0.15) is 0 Å². The van der Waals surface area contributed by atoms with Gasteiger partial charge in [0.05, 0.1) is 13.2 Å².